The summed E-state index contributed by atoms with van der Waals surface area (Å²) in [7, 11) is 0. The number of nitrogens with one attached hydrogen (secondary N) is 1. The molecule has 3 heteroatoms. The fourth-order valence-corrected chi connectivity index (χ4v) is 2.75. The van der Waals surface area contributed by atoms with Crippen molar-refractivity contribution in [1.29, 1.82) is 5.26 Å². The van der Waals surface area contributed by atoms with Gasteiger partial charge in [-0.15, -0.1) is 0 Å². The molecule has 1 fully saturated rings. The minimum Gasteiger partial charge on any atom is -0.394 e. The normalized spacial score (nSPS) is 26.9. The Kier molecular flexibility index (Phi) is 4.57. The Bertz CT molecular complexity index is 456. The minimum atomic E-state index is -0.130. The highest BCUT2D eigenvalue weighted by Crippen LogP contribution is 2.31. The summed E-state index contributed by atoms with van der Waals surface area (Å²) in [4.78, 5) is 0. The van der Waals surface area contributed by atoms with Gasteiger partial charge in [-0.2, -0.15) is 5.26 Å². The Morgan fingerprint density at radius 2 is 2.16 bits per heavy atom. The Morgan fingerprint density at radius 1 is 1.42 bits per heavy atom. The van der Waals surface area contributed by atoms with Gasteiger partial charge in [0.2, 0.25) is 0 Å². The van der Waals surface area contributed by atoms with Crippen LogP contribution in [0.25, 0.3) is 0 Å². The second-order valence-electron chi connectivity index (χ2n) is 5.79. The van der Waals surface area contributed by atoms with Crippen LogP contribution in [0.3, 0.4) is 0 Å². The van der Waals surface area contributed by atoms with Crippen molar-refractivity contribution < 1.29 is 5.11 Å². The Labute approximate surface area is 115 Å². The molecule has 102 valence electrons. The Hall–Kier alpha value is -1.37. The highest BCUT2D eigenvalue weighted by molar-refractivity contribution is 5.32. The third kappa shape index (κ3) is 3.56. The maximum absolute atomic E-state index is 9.69. The lowest BCUT2D eigenvalue weighted by Crippen LogP contribution is -2.50. The van der Waals surface area contributed by atoms with E-state index in [1.807, 2.05) is 24.3 Å². The van der Waals surface area contributed by atoms with E-state index in [4.69, 9.17) is 5.26 Å². The number of rotatable bonds is 4. The van der Waals surface area contributed by atoms with Crippen molar-refractivity contribution in [2.45, 2.75) is 44.7 Å². The summed E-state index contributed by atoms with van der Waals surface area (Å²) in [5.74, 6) is 0.767. The van der Waals surface area contributed by atoms with Gasteiger partial charge in [0.25, 0.3) is 0 Å². The summed E-state index contributed by atoms with van der Waals surface area (Å²) < 4.78 is 0. The van der Waals surface area contributed by atoms with E-state index in [0.717, 1.165) is 24.3 Å². The van der Waals surface area contributed by atoms with Crippen LogP contribution in [0, 0.1) is 17.2 Å². The molecule has 3 nitrogen and oxygen atoms in total. The molecule has 1 aliphatic carbocycles. The van der Waals surface area contributed by atoms with Crippen LogP contribution < -0.4 is 5.32 Å². The van der Waals surface area contributed by atoms with Gasteiger partial charge in [-0.3, -0.25) is 0 Å². The smallest absolute Gasteiger partial charge is 0.0991 e. The molecule has 0 unspecified atom stereocenters. The Morgan fingerprint density at radius 3 is 2.79 bits per heavy atom. The van der Waals surface area contributed by atoms with Crippen molar-refractivity contribution in [2.75, 3.05) is 6.61 Å². The molecule has 0 bridgehead atoms. The van der Waals surface area contributed by atoms with Gasteiger partial charge in [0.15, 0.2) is 0 Å². The highest BCUT2D eigenvalue weighted by atomic mass is 16.3. The quantitative estimate of drug-likeness (QED) is 0.872. The van der Waals surface area contributed by atoms with E-state index < -0.39 is 0 Å². The van der Waals surface area contributed by atoms with Crippen molar-refractivity contribution in [2.24, 2.45) is 5.92 Å². The predicted molar refractivity (Wildman–Crippen MR) is 75.4 cm³/mol. The van der Waals surface area contributed by atoms with Crippen molar-refractivity contribution >= 4 is 0 Å². The topological polar surface area (TPSA) is 56.0 Å². The molecular formula is C16H22N2O. The van der Waals surface area contributed by atoms with Gasteiger partial charge in [0.05, 0.1) is 18.2 Å². The molecular weight excluding hydrogens is 236 g/mol. The number of nitriles is 1. The van der Waals surface area contributed by atoms with E-state index in [-0.39, 0.29) is 12.1 Å². The fourth-order valence-electron chi connectivity index (χ4n) is 2.75. The summed E-state index contributed by atoms with van der Waals surface area (Å²) in [6.45, 7) is 3.18. The van der Waals surface area contributed by atoms with E-state index in [9.17, 15) is 5.11 Å². The summed E-state index contributed by atoms with van der Waals surface area (Å²) in [6.07, 6.45) is 4.41. The molecule has 1 saturated carbocycles. The number of nitrogens with zero attached hydrogens (tertiary/aromatic N) is 1. The van der Waals surface area contributed by atoms with Crippen LogP contribution in [0.1, 0.15) is 43.7 Å². The predicted octanol–water partition coefficient (Wildman–Crippen LogP) is 2.59. The van der Waals surface area contributed by atoms with Crippen LogP contribution in [0.4, 0.5) is 0 Å². The van der Waals surface area contributed by atoms with Crippen LogP contribution in [0.15, 0.2) is 24.3 Å². The zero-order valence-corrected chi connectivity index (χ0v) is 11.5. The molecule has 19 heavy (non-hydrogen) atoms. The van der Waals surface area contributed by atoms with Crippen molar-refractivity contribution in [3.8, 4) is 6.07 Å². The summed E-state index contributed by atoms with van der Waals surface area (Å²) in [6, 6.07) is 9.80. The minimum absolute atomic E-state index is 0.130. The van der Waals surface area contributed by atoms with E-state index in [1.54, 1.807) is 0 Å². The van der Waals surface area contributed by atoms with Gasteiger partial charge in [0, 0.05) is 12.1 Å². The largest absolute Gasteiger partial charge is 0.394 e. The van der Waals surface area contributed by atoms with Crippen LogP contribution in [0.5, 0.6) is 0 Å². The zero-order valence-electron chi connectivity index (χ0n) is 11.5. The lowest BCUT2D eigenvalue weighted by Gasteiger charge is -2.39. The van der Waals surface area contributed by atoms with Crippen LogP contribution in [-0.4, -0.2) is 17.3 Å². The molecule has 2 rings (SSSR count). The maximum atomic E-state index is 9.69. The van der Waals surface area contributed by atoms with E-state index in [0.29, 0.717) is 12.1 Å². The average Bonchev–Trinajstić information content (AvgIpc) is 2.47. The first kappa shape index (κ1) is 14.0. The first-order valence-corrected chi connectivity index (χ1v) is 7.02. The van der Waals surface area contributed by atoms with Crippen molar-refractivity contribution in [3.63, 3.8) is 0 Å². The van der Waals surface area contributed by atoms with Gasteiger partial charge >= 0.3 is 0 Å². The molecule has 1 aromatic rings. The monoisotopic (exact) mass is 258 g/mol. The van der Waals surface area contributed by atoms with Gasteiger partial charge in [-0.25, -0.2) is 0 Å². The number of benzene rings is 1. The van der Waals surface area contributed by atoms with E-state index in [2.05, 4.69) is 18.3 Å². The zero-order chi connectivity index (χ0) is 13.7. The molecule has 0 heterocycles. The van der Waals surface area contributed by atoms with Gasteiger partial charge in [-0.1, -0.05) is 19.1 Å². The number of hydrogen-bond donors (Lipinski definition) is 2. The van der Waals surface area contributed by atoms with Gasteiger partial charge in [-0.05, 0) is 49.3 Å². The fraction of sp³-hybridized carbons (Fsp3) is 0.562. The highest BCUT2D eigenvalue weighted by Gasteiger charge is 2.32. The van der Waals surface area contributed by atoms with Crippen LogP contribution in [0.2, 0.25) is 0 Å². The molecule has 0 aliphatic heterocycles. The van der Waals surface area contributed by atoms with Gasteiger partial charge in [0.1, 0.15) is 0 Å². The maximum Gasteiger partial charge on any atom is 0.0991 e. The first-order valence-electron chi connectivity index (χ1n) is 7.02. The molecule has 0 saturated heterocycles. The second kappa shape index (κ2) is 6.18. The molecule has 0 aromatic heterocycles. The molecule has 1 aliphatic rings. The molecule has 0 radical (unpaired) electrons. The van der Waals surface area contributed by atoms with Crippen LogP contribution >= 0.6 is 0 Å². The SMILES string of the molecule is CC1CCC(CO)(NCc2cccc(C#N)c2)CC1. The Balaban J connectivity index is 1.98. The average molecular weight is 258 g/mol. The summed E-state index contributed by atoms with van der Waals surface area (Å²) in [5.41, 5.74) is 1.66. The van der Waals surface area contributed by atoms with Crippen molar-refractivity contribution in [3.05, 3.63) is 35.4 Å². The summed E-state index contributed by atoms with van der Waals surface area (Å²) in [5, 5.41) is 22.1. The molecule has 0 amide bonds. The molecule has 2 N–H and O–H groups in total. The molecule has 1 aromatic carbocycles. The number of hydrogen-bond acceptors (Lipinski definition) is 3. The lowest BCUT2D eigenvalue weighted by atomic mass is 9.77. The number of aliphatic hydroxyl groups excluding tert-OH is 1. The van der Waals surface area contributed by atoms with E-state index >= 15 is 0 Å². The lowest BCUT2D eigenvalue weighted by molar-refractivity contribution is 0.104. The van der Waals surface area contributed by atoms with Crippen LogP contribution in [-0.2, 0) is 6.54 Å². The van der Waals surface area contributed by atoms with Crippen molar-refractivity contribution in [1.82, 2.24) is 5.32 Å². The standard InChI is InChI=1S/C16H22N2O/c1-13-5-7-16(12-19,8-6-13)18-11-15-4-2-3-14(9-15)10-17/h2-4,9,13,18-19H,5-8,11-12H2,1H3. The molecule has 0 spiro atoms. The van der Waals surface area contributed by atoms with Gasteiger partial charge < -0.3 is 10.4 Å². The first-order chi connectivity index (χ1) is 9.17. The number of aliphatic hydroxyl groups is 1. The molecule has 0 atom stereocenters. The third-order valence-electron chi connectivity index (χ3n) is 4.26. The summed E-state index contributed by atoms with van der Waals surface area (Å²) >= 11 is 0. The van der Waals surface area contributed by atoms with E-state index in [1.165, 1.54) is 12.8 Å². The second-order valence-corrected chi connectivity index (χ2v) is 5.79. The third-order valence-corrected chi connectivity index (χ3v) is 4.26.